The number of nitrogens with zero attached hydrogens (tertiary/aromatic N) is 4. The van der Waals surface area contributed by atoms with Crippen molar-refractivity contribution < 1.29 is 29.1 Å². The first-order chi connectivity index (χ1) is 12.8. The van der Waals surface area contributed by atoms with Crippen LogP contribution in [-0.2, 0) is 20.3 Å². The van der Waals surface area contributed by atoms with Crippen LogP contribution in [0.5, 0.6) is 0 Å². The van der Waals surface area contributed by atoms with E-state index in [1.165, 1.54) is 17.2 Å². The number of aliphatic hydroxyl groups is 2. The van der Waals surface area contributed by atoms with Gasteiger partial charge in [-0.3, -0.25) is 13.6 Å². The molecule has 148 valence electrons. The largest absolute Gasteiger partial charge is 0.480 e. The maximum atomic E-state index is 12.2. The minimum Gasteiger partial charge on any atom is -0.480 e. The van der Waals surface area contributed by atoms with Crippen molar-refractivity contribution in [1.29, 1.82) is 0 Å². The number of anilines is 1. The summed E-state index contributed by atoms with van der Waals surface area (Å²) in [5.41, 5.74) is 11.8. The van der Waals surface area contributed by atoms with Crippen molar-refractivity contribution >= 4 is 33.8 Å². The number of carbonyl (C=O) groups is 1. The second kappa shape index (κ2) is 7.82. The lowest BCUT2D eigenvalue weighted by Crippen LogP contribution is -2.36. The van der Waals surface area contributed by atoms with E-state index in [1.54, 1.807) is 0 Å². The van der Waals surface area contributed by atoms with Crippen LogP contribution < -0.4 is 11.5 Å². The third kappa shape index (κ3) is 3.91. The Kier molecular flexibility index (Phi) is 5.67. The molecule has 0 saturated carbocycles. The molecule has 3 heterocycles. The van der Waals surface area contributed by atoms with Crippen LogP contribution in [0.1, 0.15) is 12.6 Å². The molecule has 0 bridgehead atoms. The molecule has 1 unspecified atom stereocenters. The SMILES string of the molecule is Nc1ncnc2c1ncn2[C@@H]1O[C@H](CS(=O)CC[C@@H](N)C(=O)O)[C@@H](O)[C@H]1O. The summed E-state index contributed by atoms with van der Waals surface area (Å²) in [6.07, 6.45) is -1.87. The summed E-state index contributed by atoms with van der Waals surface area (Å²) in [6, 6.07) is -1.11. The van der Waals surface area contributed by atoms with Gasteiger partial charge >= 0.3 is 5.97 Å². The van der Waals surface area contributed by atoms with E-state index in [1.807, 2.05) is 0 Å². The van der Waals surface area contributed by atoms with E-state index < -0.39 is 47.4 Å². The fourth-order valence-corrected chi connectivity index (χ4v) is 4.13. The van der Waals surface area contributed by atoms with Gasteiger partial charge in [0.1, 0.15) is 36.2 Å². The summed E-state index contributed by atoms with van der Waals surface area (Å²) in [7, 11) is -1.49. The number of hydrogen-bond donors (Lipinski definition) is 5. The van der Waals surface area contributed by atoms with Crippen LogP contribution in [0.3, 0.4) is 0 Å². The summed E-state index contributed by atoms with van der Waals surface area (Å²) in [5.74, 6) is -1.05. The molecule has 7 N–H and O–H groups in total. The number of imidazole rings is 1. The molecular weight excluding hydrogens is 380 g/mol. The fourth-order valence-electron chi connectivity index (χ4n) is 2.80. The highest BCUT2D eigenvalue weighted by molar-refractivity contribution is 7.85. The van der Waals surface area contributed by atoms with Crippen LogP contribution in [0.2, 0.25) is 0 Å². The minimum absolute atomic E-state index is 0.0269. The van der Waals surface area contributed by atoms with Gasteiger partial charge in [0.25, 0.3) is 0 Å². The Morgan fingerprint density at radius 1 is 1.33 bits per heavy atom. The molecule has 0 spiro atoms. The molecule has 2 aromatic heterocycles. The first kappa shape index (κ1) is 19.6. The van der Waals surface area contributed by atoms with Gasteiger partial charge in [-0.1, -0.05) is 0 Å². The predicted octanol–water partition coefficient (Wildman–Crippen LogP) is -2.42. The van der Waals surface area contributed by atoms with E-state index >= 15 is 0 Å². The van der Waals surface area contributed by atoms with Crippen LogP contribution in [0.25, 0.3) is 11.2 Å². The van der Waals surface area contributed by atoms with Crippen molar-refractivity contribution in [3.8, 4) is 0 Å². The number of nitrogens with two attached hydrogens (primary N) is 2. The quantitative estimate of drug-likeness (QED) is 0.331. The van der Waals surface area contributed by atoms with Gasteiger partial charge in [0.15, 0.2) is 17.7 Å². The topological polar surface area (TPSA) is 200 Å². The molecular formula is C14H20N6O6S. The first-order valence-corrected chi connectivity index (χ1v) is 9.56. The number of aliphatic hydroxyl groups excluding tert-OH is 2. The summed E-state index contributed by atoms with van der Waals surface area (Å²) in [4.78, 5) is 22.7. The average molecular weight is 400 g/mol. The highest BCUT2D eigenvalue weighted by Crippen LogP contribution is 2.32. The number of hydrogen-bond acceptors (Lipinski definition) is 10. The van der Waals surface area contributed by atoms with Gasteiger partial charge in [-0.15, -0.1) is 0 Å². The van der Waals surface area contributed by atoms with Gasteiger partial charge < -0.3 is 31.5 Å². The molecule has 0 aromatic carbocycles. The first-order valence-electron chi connectivity index (χ1n) is 8.07. The van der Waals surface area contributed by atoms with E-state index in [2.05, 4.69) is 15.0 Å². The Bertz CT molecular complexity index is 862. The van der Waals surface area contributed by atoms with E-state index in [4.69, 9.17) is 21.3 Å². The lowest BCUT2D eigenvalue weighted by Gasteiger charge is -2.16. The molecule has 0 amide bonds. The van der Waals surface area contributed by atoms with Crippen LogP contribution in [0, 0.1) is 0 Å². The molecule has 0 aliphatic carbocycles. The number of carboxylic acid groups (broad SMARTS) is 1. The number of ether oxygens (including phenoxy) is 1. The highest BCUT2D eigenvalue weighted by Gasteiger charge is 2.44. The molecule has 1 saturated heterocycles. The van der Waals surface area contributed by atoms with Crippen molar-refractivity contribution in [2.45, 2.75) is 37.0 Å². The Balaban J connectivity index is 1.69. The zero-order valence-electron chi connectivity index (χ0n) is 14.1. The maximum absolute atomic E-state index is 12.2. The van der Waals surface area contributed by atoms with Crippen LogP contribution in [0.15, 0.2) is 12.7 Å². The number of aliphatic carboxylic acids is 1. The third-order valence-corrected chi connectivity index (χ3v) is 5.71. The predicted molar refractivity (Wildman–Crippen MR) is 93.8 cm³/mol. The Morgan fingerprint density at radius 3 is 2.78 bits per heavy atom. The van der Waals surface area contributed by atoms with Gasteiger partial charge in [-0.05, 0) is 6.42 Å². The molecule has 27 heavy (non-hydrogen) atoms. The van der Waals surface area contributed by atoms with Crippen molar-refractivity contribution in [3.63, 3.8) is 0 Å². The van der Waals surface area contributed by atoms with Crippen LogP contribution >= 0.6 is 0 Å². The minimum atomic E-state index is -1.49. The second-order valence-corrected chi connectivity index (χ2v) is 7.79. The summed E-state index contributed by atoms with van der Waals surface area (Å²) < 4.78 is 19.3. The van der Waals surface area contributed by atoms with E-state index in [0.717, 1.165) is 0 Å². The molecule has 1 fully saturated rings. The van der Waals surface area contributed by atoms with Crippen LogP contribution in [-0.4, -0.2) is 80.9 Å². The Morgan fingerprint density at radius 2 is 2.07 bits per heavy atom. The zero-order chi connectivity index (χ0) is 19.7. The van der Waals surface area contributed by atoms with Gasteiger partial charge in [-0.25, -0.2) is 15.0 Å². The highest BCUT2D eigenvalue weighted by atomic mass is 32.2. The smallest absolute Gasteiger partial charge is 0.320 e. The maximum Gasteiger partial charge on any atom is 0.320 e. The molecule has 1 aliphatic heterocycles. The Labute approximate surface area is 155 Å². The fraction of sp³-hybridized carbons (Fsp3) is 0.571. The molecule has 6 atom stereocenters. The van der Waals surface area contributed by atoms with Crippen molar-refractivity contribution in [3.05, 3.63) is 12.7 Å². The number of nitrogen functional groups attached to an aromatic ring is 1. The number of fused-ring (bicyclic) bond motifs is 1. The van der Waals surface area contributed by atoms with E-state index in [0.29, 0.717) is 11.2 Å². The number of aromatic nitrogens is 4. The standard InChI is InChI=1S/C14H20N6O6S/c15-6(14(23)24)1-2-27(25)3-7-9(21)10(22)13(26-7)20-5-19-8-11(16)17-4-18-12(8)20/h4-7,9-10,13,21-22H,1-3,15H2,(H,23,24)(H2,16,17,18)/t6-,7-,9-,10-,13-,27?/m1/s1. The van der Waals surface area contributed by atoms with Crippen molar-refractivity contribution in [2.75, 3.05) is 17.2 Å². The van der Waals surface area contributed by atoms with Crippen LogP contribution in [0.4, 0.5) is 5.82 Å². The third-order valence-electron chi connectivity index (χ3n) is 4.32. The zero-order valence-corrected chi connectivity index (χ0v) is 14.9. The number of rotatable bonds is 7. The lowest BCUT2D eigenvalue weighted by atomic mass is 10.1. The second-order valence-electron chi connectivity index (χ2n) is 6.17. The average Bonchev–Trinajstić information content (AvgIpc) is 3.17. The molecule has 13 heteroatoms. The van der Waals surface area contributed by atoms with Crippen molar-refractivity contribution in [1.82, 2.24) is 19.5 Å². The summed E-state index contributed by atoms with van der Waals surface area (Å²) >= 11 is 0. The van der Waals surface area contributed by atoms with Gasteiger partial charge in [-0.2, -0.15) is 0 Å². The van der Waals surface area contributed by atoms with E-state index in [9.17, 15) is 19.2 Å². The number of carboxylic acids is 1. The molecule has 3 rings (SSSR count). The Hall–Kier alpha value is -2.19. The monoisotopic (exact) mass is 400 g/mol. The molecule has 0 radical (unpaired) electrons. The lowest BCUT2D eigenvalue weighted by molar-refractivity contribution is -0.138. The van der Waals surface area contributed by atoms with Gasteiger partial charge in [0.05, 0.1) is 12.1 Å². The molecule has 12 nitrogen and oxygen atoms in total. The van der Waals surface area contributed by atoms with Crippen molar-refractivity contribution in [2.24, 2.45) is 5.73 Å². The molecule has 2 aromatic rings. The van der Waals surface area contributed by atoms with Gasteiger partial charge in [0.2, 0.25) is 0 Å². The molecule has 1 aliphatic rings. The van der Waals surface area contributed by atoms with E-state index in [-0.39, 0.29) is 23.7 Å². The summed E-state index contributed by atoms with van der Waals surface area (Å²) in [5, 5.41) is 29.3. The van der Waals surface area contributed by atoms with Gasteiger partial charge in [0, 0.05) is 16.6 Å². The normalized spacial score (nSPS) is 27.7. The summed E-state index contributed by atoms with van der Waals surface area (Å²) in [6.45, 7) is 0.